The molecule has 1 saturated carbocycles. The number of nitrogens with zero attached hydrogens (tertiary/aromatic N) is 2. The molecule has 0 amide bonds. The lowest BCUT2D eigenvalue weighted by atomic mass is 9.81. The summed E-state index contributed by atoms with van der Waals surface area (Å²) < 4.78 is 2.63. The molecule has 0 aliphatic heterocycles. The van der Waals surface area contributed by atoms with E-state index in [-0.39, 0.29) is 6.10 Å². The van der Waals surface area contributed by atoms with E-state index in [1.807, 2.05) is 7.05 Å². The van der Waals surface area contributed by atoms with Gasteiger partial charge >= 0.3 is 0 Å². The molecule has 1 atom stereocenters. The molecule has 1 unspecified atom stereocenters. The molecule has 1 fully saturated rings. The van der Waals surface area contributed by atoms with Crippen LogP contribution in [-0.2, 0) is 7.05 Å². The van der Waals surface area contributed by atoms with Gasteiger partial charge in [-0.15, -0.1) is 0 Å². The Hall–Kier alpha value is -0.350. The summed E-state index contributed by atoms with van der Waals surface area (Å²) >= 11 is 3.42. The van der Waals surface area contributed by atoms with Crippen molar-refractivity contribution in [2.75, 3.05) is 0 Å². The Kier molecular flexibility index (Phi) is 2.93. The average Bonchev–Trinajstić information content (AvgIpc) is 2.41. The van der Waals surface area contributed by atoms with E-state index in [2.05, 4.69) is 21.0 Å². The second kappa shape index (κ2) is 4.03. The summed E-state index contributed by atoms with van der Waals surface area (Å²) in [7, 11) is 1.86. The topological polar surface area (TPSA) is 38.0 Å². The third-order valence-electron chi connectivity index (χ3n) is 3.03. The molecule has 1 aromatic rings. The van der Waals surface area contributed by atoms with Crippen LogP contribution in [0.25, 0.3) is 0 Å². The van der Waals surface area contributed by atoms with Crippen LogP contribution in [0.4, 0.5) is 0 Å². The molecule has 0 saturated heterocycles. The molecule has 0 aromatic carbocycles. The maximum absolute atomic E-state index is 9.97. The fourth-order valence-electron chi connectivity index (χ4n) is 1.83. The summed E-state index contributed by atoms with van der Waals surface area (Å²) in [6.45, 7) is 0. The highest BCUT2D eigenvalue weighted by molar-refractivity contribution is 9.10. The molecule has 78 valence electrons. The minimum absolute atomic E-state index is 0.358. The van der Waals surface area contributed by atoms with Crippen LogP contribution in [0.5, 0.6) is 0 Å². The molecule has 3 nitrogen and oxygen atoms in total. The largest absolute Gasteiger partial charge is 0.388 e. The van der Waals surface area contributed by atoms with E-state index in [4.69, 9.17) is 0 Å². The van der Waals surface area contributed by atoms with Crippen LogP contribution >= 0.6 is 15.9 Å². The lowest BCUT2D eigenvalue weighted by Gasteiger charge is -2.27. The fraction of sp³-hybridized carbons (Fsp3) is 0.700. The molecule has 0 bridgehead atoms. The third-order valence-corrected chi connectivity index (χ3v) is 4.00. The Balaban J connectivity index is 2.02. The Morgan fingerprint density at radius 1 is 1.71 bits per heavy atom. The van der Waals surface area contributed by atoms with Crippen LogP contribution < -0.4 is 0 Å². The van der Waals surface area contributed by atoms with Crippen molar-refractivity contribution in [3.63, 3.8) is 0 Å². The zero-order valence-electron chi connectivity index (χ0n) is 8.28. The van der Waals surface area contributed by atoms with E-state index < -0.39 is 0 Å². The molecular weight excluding hydrogens is 244 g/mol. The zero-order chi connectivity index (χ0) is 10.1. The Labute approximate surface area is 92.2 Å². The molecule has 0 radical (unpaired) electrons. The summed E-state index contributed by atoms with van der Waals surface area (Å²) in [4.78, 5) is 0. The van der Waals surface area contributed by atoms with Crippen LogP contribution in [0.1, 0.15) is 37.4 Å². The zero-order valence-corrected chi connectivity index (χ0v) is 9.87. The molecule has 1 N–H and O–H groups in total. The van der Waals surface area contributed by atoms with Crippen molar-refractivity contribution in [1.82, 2.24) is 9.78 Å². The number of aliphatic hydroxyl groups excluding tert-OH is 1. The van der Waals surface area contributed by atoms with Crippen molar-refractivity contribution in [2.45, 2.75) is 31.8 Å². The highest BCUT2D eigenvalue weighted by atomic mass is 79.9. The summed E-state index contributed by atoms with van der Waals surface area (Å²) in [5.74, 6) is 0.720. The monoisotopic (exact) mass is 258 g/mol. The minimum atomic E-state index is -0.358. The number of hydrogen-bond acceptors (Lipinski definition) is 2. The summed E-state index contributed by atoms with van der Waals surface area (Å²) in [6.07, 6.45) is 6.14. The summed E-state index contributed by atoms with van der Waals surface area (Å²) in [5, 5.41) is 14.1. The third kappa shape index (κ3) is 1.86. The summed E-state index contributed by atoms with van der Waals surface area (Å²) in [6, 6.07) is 0. The van der Waals surface area contributed by atoms with Crippen LogP contribution in [0.15, 0.2) is 10.8 Å². The van der Waals surface area contributed by atoms with Gasteiger partial charge in [0.15, 0.2) is 0 Å². The van der Waals surface area contributed by atoms with Crippen molar-refractivity contribution in [3.8, 4) is 0 Å². The van der Waals surface area contributed by atoms with Gasteiger partial charge in [-0.1, -0.05) is 19.3 Å². The van der Waals surface area contributed by atoms with Crippen LogP contribution in [0, 0.1) is 5.92 Å². The SMILES string of the molecule is Cn1ncc(C(O)CC2CCC2)c1Br. The van der Waals surface area contributed by atoms with Gasteiger partial charge in [0.25, 0.3) is 0 Å². The summed E-state index contributed by atoms with van der Waals surface area (Å²) in [5.41, 5.74) is 0.916. The van der Waals surface area contributed by atoms with Crippen molar-refractivity contribution in [3.05, 3.63) is 16.4 Å². The molecule has 4 heteroatoms. The van der Waals surface area contributed by atoms with E-state index in [0.717, 1.165) is 22.5 Å². The number of aromatic nitrogens is 2. The highest BCUT2D eigenvalue weighted by Crippen LogP contribution is 2.36. The molecule has 0 spiro atoms. The van der Waals surface area contributed by atoms with Crippen LogP contribution in [-0.4, -0.2) is 14.9 Å². The van der Waals surface area contributed by atoms with Gasteiger partial charge in [-0.25, -0.2) is 0 Å². The quantitative estimate of drug-likeness (QED) is 0.905. The van der Waals surface area contributed by atoms with Crippen LogP contribution in [0.3, 0.4) is 0 Å². The minimum Gasteiger partial charge on any atom is -0.388 e. The normalized spacial score (nSPS) is 19.4. The molecular formula is C10H15BrN2O. The number of halogens is 1. The Bertz CT molecular complexity index is 320. The van der Waals surface area contributed by atoms with Crippen molar-refractivity contribution in [2.24, 2.45) is 13.0 Å². The predicted molar refractivity (Wildman–Crippen MR) is 57.8 cm³/mol. The average molecular weight is 259 g/mol. The van der Waals surface area contributed by atoms with Gasteiger partial charge < -0.3 is 5.11 Å². The smallest absolute Gasteiger partial charge is 0.109 e. The number of rotatable bonds is 3. The van der Waals surface area contributed by atoms with E-state index in [1.165, 1.54) is 19.3 Å². The second-order valence-corrected chi connectivity index (χ2v) is 4.81. The molecule has 14 heavy (non-hydrogen) atoms. The van der Waals surface area contributed by atoms with E-state index >= 15 is 0 Å². The Morgan fingerprint density at radius 3 is 2.86 bits per heavy atom. The van der Waals surface area contributed by atoms with Gasteiger partial charge in [-0.3, -0.25) is 4.68 Å². The van der Waals surface area contributed by atoms with Crippen molar-refractivity contribution < 1.29 is 5.11 Å². The molecule has 2 rings (SSSR count). The van der Waals surface area contributed by atoms with Gasteiger partial charge in [-0.2, -0.15) is 5.10 Å². The molecule has 1 aliphatic rings. The standard InChI is InChI=1S/C10H15BrN2O/c1-13-10(11)8(6-12-13)9(14)5-7-3-2-4-7/h6-7,9,14H,2-5H2,1H3. The maximum Gasteiger partial charge on any atom is 0.109 e. The number of aryl methyl sites for hydroxylation is 1. The number of aliphatic hydroxyl groups is 1. The number of hydrogen-bond donors (Lipinski definition) is 1. The van der Waals surface area contributed by atoms with Crippen molar-refractivity contribution >= 4 is 15.9 Å². The first-order valence-corrected chi connectivity index (χ1v) is 5.83. The van der Waals surface area contributed by atoms with Crippen molar-refractivity contribution in [1.29, 1.82) is 0 Å². The molecule has 1 aliphatic carbocycles. The maximum atomic E-state index is 9.97. The molecule has 1 heterocycles. The first-order chi connectivity index (χ1) is 6.68. The first-order valence-electron chi connectivity index (χ1n) is 5.04. The lowest BCUT2D eigenvalue weighted by molar-refractivity contribution is 0.118. The van der Waals surface area contributed by atoms with Gasteiger partial charge in [0, 0.05) is 12.6 Å². The van der Waals surface area contributed by atoms with E-state index in [9.17, 15) is 5.11 Å². The van der Waals surface area contributed by atoms with Gasteiger partial charge in [0.2, 0.25) is 0 Å². The van der Waals surface area contributed by atoms with Gasteiger partial charge in [0.05, 0.1) is 12.3 Å². The fourth-order valence-corrected chi connectivity index (χ4v) is 2.29. The van der Waals surface area contributed by atoms with Gasteiger partial charge in [-0.05, 0) is 28.3 Å². The Morgan fingerprint density at radius 2 is 2.43 bits per heavy atom. The molecule has 1 aromatic heterocycles. The predicted octanol–water partition coefficient (Wildman–Crippen LogP) is 2.41. The lowest BCUT2D eigenvalue weighted by Crippen LogP contribution is -2.14. The second-order valence-electron chi connectivity index (χ2n) is 4.06. The van der Waals surface area contributed by atoms with Crippen LogP contribution in [0.2, 0.25) is 0 Å². The van der Waals surface area contributed by atoms with E-state index in [0.29, 0.717) is 0 Å². The van der Waals surface area contributed by atoms with E-state index in [1.54, 1.807) is 10.9 Å². The first kappa shape index (κ1) is 10.2. The highest BCUT2D eigenvalue weighted by Gasteiger charge is 2.23. The van der Waals surface area contributed by atoms with Gasteiger partial charge in [0.1, 0.15) is 4.60 Å².